The number of hydrogen-bond donors (Lipinski definition) is 1. The summed E-state index contributed by atoms with van der Waals surface area (Å²) in [4.78, 5) is 2.30. The van der Waals surface area contributed by atoms with Gasteiger partial charge in [-0.1, -0.05) is 13.8 Å². The fourth-order valence-corrected chi connectivity index (χ4v) is 1.62. The molecule has 0 radical (unpaired) electrons. The van der Waals surface area contributed by atoms with E-state index in [0.717, 1.165) is 39.3 Å². The number of hydrogen-bond acceptors (Lipinski definition) is 4. The first-order valence-electron chi connectivity index (χ1n) is 6.03. The number of nitriles is 1. The Hall–Kier alpha value is -0.630. The van der Waals surface area contributed by atoms with E-state index in [-0.39, 0.29) is 0 Å². The fraction of sp³-hybridized carbons (Fsp3) is 0.917. The molecule has 94 valence electrons. The van der Waals surface area contributed by atoms with Crippen LogP contribution in [0.4, 0.5) is 0 Å². The van der Waals surface area contributed by atoms with Crippen LogP contribution in [0.1, 0.15) is 20.3 Å². The predicted octanol–water partition coefficient (Wildman–Crippen LogP) is 1.09. The largest absolute Gasteiger partial charge is 0.383 e. The van der Waals surface area contributed by atoms with Crippen LogP contribution in [-0.2, 0) is 4.74 Å². The molecular formula is C12H25N3O. The van der Waals surface area contributed by atoms with Gasteiger partial charge in [0.2, 0.25) is 0 Å². The Morgan fingerprint density at radius 1 is 1.44 bits per heavy atom. The zero-order valence-corrected chi connectivity index (χ0v) is 10.8. The quantitative estimate of drug-likeness (QED) is 0.607. The van der Waals surface area contributed by atoms with Gasteiger partial charge >= 0.3 is 0 Å². The van der Waals surface area contributed by atoms with Crippen molar-refractivity contribution in [2.75, 3.05) is 46.4 Å². The molecule has 0 saturated carbocycles. The van der Waals surface area contributed by atoms with E-state index >= 15 is 0 Å². The smallest absolute Gasteiger partial charge is 0.0635 e. The summed E-state index contributed by atoms with van der Waals surface area (Å²) in [5, 5.41) is 11.9. The third-order valence-corrected chi connectivity index (χ3v) is 2.46. The van der Waals surface area contributed by atoms with E-state index in [2.05, 4.69) is 30.1 Å². The molecule has 0 aromatic carbocycles. The number of rotatable bonds is 10. The molecule has 0 aliphatic rings. The van der Waals surface area contributed by atoms with Crippen molar-refractivity contribution in [2.24, 2.45) is 5.92 Å². The number of methoxy groups -OCH3 is 1. The third kappa shape index (κ3) is 8.66. The fourth-order valence-electron chi connectivity index (χ4n) is 1.62. The molecule has 0 aromatic rings. The molecule has 0 saturated heterocycles. The maximum absolute atomic E-state index is 8.60. The lowest BCUT2D eigenvalue weighted by molar-refractivity contribution is 0.139. The van der Waals surface area contributed by atoms with Gasteiger partial charge in [0, 0.05) is 33.2 Å². The Labute approximate surface area is 99.6 Å². The summed E-state index contributed by atoms with van der Waals surface area (Å²) in [5.74, 6) is 0.607. The van der Waals surface area contributed by atoms with Crippen molar-refractivity contribution in [3.05, 3.63) is 0 Å². The Morgan fingerprint density at radius 3 is 2.75 bits per heavy atom. The molecule has 16 heavy (non-hydrogen) atoms. The van der Waals surface area contributed by atoms with Gasteiger partial charge < -0.3 is 10.1 Å². The highest BCUT2D eigenvalue weighted by atomic mass is 16.5. The van der Waals surface area contributed by atoms with Gasteiger partial charge in [-0.3, -0.25) is 4.90 Å². The van der Waals surface area contributed by atoms with Crippen LogP contribution < -0.4 is 5.32 Å². The first-order valence-corrected chi connectivity index (χ1v) is 6.03. The topological polar surface area (TPSA) is 48.3 Å². The van der Waals surface area contributed by atoms with Crippen LogP contribution >= 0.6 is 0 Å². The summed E-state index contributed by atoms with van der Waals surface area (Å²) in [7, 11) is 1.71. The van der Waals surface area contributed by atoms with Gasteiger partial charge in [-0.2, -0.15) is 5.26 Å². The van der Waals surface area contributed by atoms with Crippen molar-refractivity contribution in [3.8, 4) is 6.07 Å². The maximum Gasteiger partial charge on any atom is 0.0635 e. The minimum Gasteiger partial charge on any atom is -0.383 e. The number of ether oxygens (including phenoxy) is 1. The number of nitrogens with one attached hydrogen (secondary N) is 1. The Balaban J connectivity index is 3.83. The Kier molecular flexibility index (Phi) is 10.4. The molecule has 0 rings (SSSR count). The van der Waals surface area contributed by atoms with Gasteiger partial charge in [-0.15, -0.1) is 0 Å². The average Bonchev–Trinajstić information content (AvgIpc) is 2.30. The summed E-state index contributed by atoms with van der Waals surface area (Å²) in [6.07, 6.45) is 0.595. The molecule has 0 amide bonds. The lowest BCUT2D eigenvalue weighted by Crippen LogP contribution is -2.36. The van der Waals surface area contributed by atoms with Gasteiger partial charge in [0.15, 0.2) is 0 Å². The second-order valence-electron chi connectivity index (χ2n) is 4.11. The van der Waals surface area contributed by atoms with E-state index in [0.29, 0.717) is 12.3 Å². The molecule has 1 atom stereocenters. The normalized spacial score (nSPS) is 12.7. The maximum atomic E-state index is 8.60. The Morgan fingerprint density at radius 2 is 2.19 bits per heavy atom. The lowest BCUT2D eigenvalue weighted by atomic mass is 10.1. The minimum atomic E-state index is 0.595. The van der Waals surface area contributed by atoms with Crippen molar-refractivity contribution in [1.82, 2.24) is 10.2 Å². The van der Waals surface area contributed by atoms with Gasteiger partial charge in [0.1, 0.15) is 0 Å². The van der Waals surface area contributed by atoms with E-state index in [1.54, 1.807) is 7.11 Å². The molecule has 4 nitrogen and oxygen atoms in total. The second kappa shape index (κ2) is 10.9. The molecule has 4 heteroatoms. The monoisotopic (exact) mass is 227 g/mol. The van der Waals surface area contributed by atoms with E-state index in [4.69, 9.17) is 10.00 Å². The van der Waals surface area contributed by atoms with E-state index in [9.17, 15) is 0 Å². The molecule has 0 aliphatic carbocycles. The molecular weight excluding hydrogens is 202 g/mol. The molecule has 0 aromatic heterocycles. The first-order chi connectivity index (χ1) is 7.74. The summed E-state index contributed by atoms with van der Waals surface area (Å²) in [5.41, 5.74) is 0. The zero-order valence-electron chi connectivity index (χ0n) is 10.8. The molecule has 0 aliphatic heterocycles. The molecule has 0 heterocycles. The van der Waals surface area contributed by atoms with Crippen molar-refractivity contribution >= 4 is 0 Å². The van der Waals surface area contributed by atoms with Crippen molar-refractivity contribution in [3.63, 3.8) is 0 Å². The van der Waals surface area contributed by atoms with Crippen LogP contribution in [0.25, 0.3) is 0 Å². The molecule has 1 N–H and O–H groups in total. The van der Waals surface area contributed by atoms with E-state index in [1.165, 1.54) is 0 Å². The van der Waals surface area contributed by atoms with Crippen molar-refractivity contribution in [1.29, 1.82) is 5.26 Å². The molecule has 0 fully saturated rings. The van der Waals surface area contributed by atoms with Crippen LogP contribution in [-0.4, -0.2) is 51.3 Å². The summed E-state index contributed by atoms with van der Waals surface area (Å²) in [6, 6.07) is 2.19. The van der Waals surface area contributed by atoms with Crippen LogP contribution in [0.3, 0.4) is 0 Å². The van der Waals surface area contributed by atoms with Crippen LogP contribution in [0, 0.1) is 17.2 Å². The van der Waals surface area contributed by atoms with Gasteiger partial charge in [0.05, 0.1) is 12.7 Å². The Bertz CT molecular complexity index is 191. The van der Waals surface area contributed by atoms with Crippen LogP contribution in [0.15, 0.2) is 0 Å². The first kappa shape index (κ1) is 15.4. The van der Waals surface area contributed by atoms with E-state index < -0.39 is 0 Å². The van der Waals surface area contributed by atoms with Crippen LogP contribution in [0.2, 0.25) is 0 Å². The van der Waals surface area contributed by atoms with Gasteiger partial charge in [-0.25, -0.2) is 0 Å². The molecule has 0 bridgehead atoms. The predicted molar refractivity (Wildman–Crippen MR) is 66.3 cm³/mol. The minimum absolute atomic E-state index is 0.595. The van der Waals surface area contributed by atoms with Crippen LogP contribution in [0.5, 0.6) is 0 Å². The second-order valence-corrected chi connectivity index (χ2v) is 4.11. The SMILES string of the molecule is CCNCC(C)CN(CCC#N)CCOC. The molecule has 0 spiro atoms. The van der Waals surface area contributed by atoms with E-state index in [1.807, 2.05) is 0 Å². The summed E-state index contributed by atoms with van der Waals surface area (Å²) in [6.45, 7) is 9.91. The summed E-state index contributed by atoms with van der Waals surface area (Å²) >= 11 is 0. The zero-order chi connectivity index (χ0) is 12.2. The lowest BCUT2D eigenvalue weighted by Gasteiger charge is -2.24. The number of nitrogens with zero attached hydrogens (tertiary/aromatic N) is 2. The highest BCUT2D eigenvalue weighted by Crippen LogP contribution is 2.00. The standard InChI is InChI=1S/C12H25N3O/c1-4-14-10-12(2)11-15(7-5-6-13)8-9-16-3/h12,14H,4-5,7-11H2,1-3H3. The highest BCUT2D eigenvalue weighted by molar-refractivity contribution is 4.73. The van der Waals surface area contributed by atoms with Crippen molar-refractivity contribution < 1.29 is 4.74 Å². The average molecular weight is 227 g/mol. The van der Waals surface area contributed by atoms with Crippen molar-refractivity contribution in [2.45, 2.75) is 20.3 Å². The third-order valence-electron chi connectivity index (χ3n) is 2.46. The summed E-state index contributed by atoms with van der Waals surface area (Å²) < 4.78 is 5.07. The highest BCUT2D eigenvalue weighted by Gasteiger charge is 2.09. The molecule has 1 unspecified atom stereocenters. The van der Waals surface area contributed by atoms with Gasteiger partial charge in [-0.05, 0) is 19.0 Å². The van der Waals surface area contributed by atoms with Gasteiger partial charge in [0.25, 0.3) is 0 Å².